The van der Waals surface area contributed by atoms with Gasteiger partial charge >= 0.3 is 0 Å². The molecular formula is C15H13BrClFO. The van der Waals surface area contributed by atoms with Crippen LogP contribution in [0.2, 0.25) is 5.02 Å². The van der Waals surface area contributed by atoms with Gasteiger partial charge in [-0.2, -0.15) is 0 Å². The fraction of sp³-hybridized carbons (Fsp3) is 0.200. The van der Waals surface area contributed by atoms with Gasteiger partial charge in [0, 0.05) is 5.02 Å². The first-order valence-corrected chi connectivity index (χ1v) is 7.05. The summed E-state index contributed by atoms with van der Waals surface area (Å²) < 4.78 is 19.7. The maximum atomic E-state index is 13.6. The highest BCUT2D eigenvalue weighted by Gasteiger charge is 2.14. The number of hydrogen-bond acceptors (Lipinski definition) is 1. The summed E-state index contributed by atoms with van der Waals surface area (Å²) in [4.78, 5) is 0. The second-order valence-corrected chi connectivity index (χ2v) is 5.46. The number of benzene rings is 2. The van der Waals surface area contributed by atoms with Gasteiger partial charge in [-0.1, -0.05) is 41.9 Å². The lowest BCUT2D eigenvalue weighted by Gasteiger charge is -2.16. The van der Waals surface area contributed by atoms with E-state index < -0.39 is 0 Å². The van der Waals surface area contributed by atoms with E-state index >= 15 is 0 Å². The number of rotatable bonds is 4. The van der Waals surface area contributed by atoms with Crippen LogP contribution in [-0.2, 0) is 11.3 Å². The molecule has 0 bridgehead atoms. The highest BCUT2D eigenvalue weighted by atomic mass is 79.9. The predicted octanol–water partition coefficient (Wildman–Crippen LogP) is 5.52. The van der Waals surface area contributed by atoms with Crippen molar-refractivity contribution in [3.63, 3.8) is 0 Å². The fourth-order valence-corrected chi connectivity index (χ4v) is 2.52. The molecule has 2 rings (SSSR count). The van der Waals surface area contributed by atoms with Crippen LogP contribution in [0, 0.1) is 5.82 Å². The Morgan fingerprint density at radius 1 is 1.26 bits per heavy atom. The van der Waals surface area contributed by atoms with Gasteiger partial charge in [0.25, 0.3) is 0 Å². The maximum absolute atomic E-state index is 13.6. The van der Waals surface area contributed by atoms with Crippen LogP contribution in [0.3, 0.4) is 0 Å². The summed E-state index contributed by atoms with van der Waals surface area (Å²) in [7, 11) is 0. The lowest BCUT2D eigenvalue weighted by atomic mass is 10.1. The normalized spacial score (nSPS) is 12.4. The molecule has 0 amide bonds. The Labute approximate surface area is 125 Å². The molecule has 0 N–H and O–H groups in total. The number of ether oxygens (including phenoxy) is 1. The summed E-state index contributed by atoms with van der Waals surface area (Å²) in [6.07, 6.45) is -0.247. The summed E-state index contributed by atoms with van der Waals surface area (Å²) in [6, 6.07) is 12.8. The third-order valence-corrected chi connectivity index (χ3v) is 3.86. The van der Waals surface area contributed by atoms with E-state index in [0.29, 0.717) is 21.7 Å². The summed E-state index contributed by atoms with van der Waals surface area (Å²) in [5.74, 6) is -0.377. The van der Waals surface area contributed by atoms with Crippen molar-refractivity contribution in [1.82, 2.24) is 0 Å². The smallest absolute Gasteiger partial charge is 0.139 e. The van der Waals surface area contributed by atoms with Crippen molar-refractivity contribution in [2.45, 2.75) is 19.6 Å². The molecule has 0 fully saturated rings. The van der Waals surface area contributed by atoms with Gasteiger partial charge in [0.05, 0.1) is 17.2 Å². The minimum absolute atomic E-state index is 0.247. The van der Waals surface area contributed by atoms with Gasteiger partial charge < -0.3 is 4.74 Å². The van der Waals surface area contributed by atoms with Crippen molar-refractivity contribution in [3.8, 4) is 0 Å². The van der Waals surface area contributed by atoms with Crippen molar-refractivity contribution in [2.75, 3.05) is 0 Å². The monoisotopic (exact) mass is 342 g/mol. The molecule has 4 heteroatoms. The Morgan fingerprint density at radius 3 is 2.63 bits per heavy atom. The second kappa shape index (κ2) is 6.51. The van der Waals surface area contributed by atoms with Crippen molar-refractivity contribution in [2.24, 2.45) is 0 Å². The molecule has 1 nitrogen and oxygen atoms in total. The zero-order valence-corrected chi connectivity index (χ0v) is 12.7. The molecule has 100 valence electrons. The van der Waals surface area contributed by atoms with Crippen LogP contribution in [-0.4, -0.2) is 0 Å². The van der Waals surface area contributed by atoms with Gasteiger partial charge in [0.1, 0.15) is 5.82 Å². The molecule has 0 saturated carbocycles. The molecule has 1 unspecified atom stereocenters. The van der Waals surface area contributed by atoms with Gasteiger partial charge in [-0.25, -0.2) is 4.39 Å². The van der Waals surface area contributed by atoms with E-state index in [9.17, 15) is 4.39 Å². The van der Waals surface area contributed by atoms with Crippen LogP contribution < -0.4 is 0 Å². The Bertz CT molecular complexity index is 560. The van der Waals surface area contributed by atoms with E-state index in [1.165, 1.54) is 6.07 Å². The number of halogens is 3. The van der Waals surface area contributed by atoms with Crippen LogP contribution in [0.4, 0.5) is 4.39 Å². The first kappa shape index (κ1) is 14.5. The number of hydrogen-bond donors (Lipinski definition) is 0. The summed E-state index contributed by atoms with van der Waals surface area (Å²) in [5, 5.41) is 0.367. The van der Waals surface area contributed by atoms with E-state index in [1.54, 1.807) is 6.07 Å². The van der Waals surface area contributed by atoms with Crippen molar-refractivity contribution in [3.05, 3.63) is 68.9 Å². The lowest BCUT2D eigenvalue weighted by Crippen LogP contribution is -2.02. The summed E-state index contributed by atoms with van der Waals surface area (Å²) >= 11 is 9.09. The molecule has 2 aromatic carbocycles. The van der Waals surface area contributed by atoms with Gasteiger partial charge in [0.2, 0.25) is 0 Å². The molecule has 1 atom stereocenters. The Kier molecular flexibility index (Phi) is 4.97. The highest BCUT2D eigenvalue weighted by molar-refractivity contribution is 9.10. The van der Waals surface area contributed by atoms with Gasteiger partial charge in [-0.15, -0.1) is 0 Å². The Balaban J connectivity index is 2.10. The van der Waals surface area contributed by atoms with Gasteiger partial charge in [0.15, 0.2) is 0 Å². The molecule has 19 heavy (non-hydrogen) atoms. The van der Waals surface area contributed by atoms with Crippen LogP contribution in [0.25, 0.3) is 0 Å². The van der Waals surface area contributed by atoms with Gasteiger partial charge in [-0.3, -0.25) is 0 Å². The topological polar surface area (TPSA) is 9.23 Å². The summed E-state index contributed by atoms with van der Waals surface area (Å²) in [5.41, 5.74) is 1.79. The van der Waals surface area contributed by atoms with E-state index in [0.717, 1.165) is 5.56 Å². The Morgan fingerprint density at radius 2 is 1.95 bits per heavy atom. The lowest BCUT2D eigenvalue weighted by molar-refractivity contribution is 0.0519. The van der Waals surface area contributed by atoms with Crippen LogP contribution in [0.1, 0.15) is 24.2 Å². The van der Waals surface area contributed by atoms with Crippen molar-refractivity contribution < 1.29 is 9.13 Å². The first-order chi connectivity index (χ1) is 9.08. The minimum Gasteiger partial charge on any atom is -0.369 e. The molecule has 0 aliphatic rings. The van der Waals surface area contributed by atoms with Gasteiger partial charge in [-0.05, 0) is 46.1 Å². The molecule has 0 spiro atoms. The molecule has 0 saturated heterocycles. The molecule has 0 heterocycles. The van der Waals surface area contributed by atoms with Crippen molar-refractivity contribution in [1.29, 1.82) is 0 Å². The molecular weight excluding hydrogens is 331 g/mol. The average Bonchev–Trinajstić information content (AvgIpc) is 2.41. The van der Waals surface area contributed by atoms with Crippen molar-refractivity contribution >= 4 is 27.5 Å². The van der Waals surface area contributed by atoms with Crippen LogP contribution >= 0.6 is 27.5 Å². The van der Waals surface area contributed by atoms with E-state index in [4.69, 9.17) is 16.3 Å². The Hall–Kier alpha value is -0.900. The quantitative estimate of drug-likeness (QED) is 0.664. The minimum atomic E-state index is -0.377. The molecule has 2 aromatic rings. The molecule has 0 aliphatic carbocycles. The highest BCUT2D eigenvalue weighted by Crippen LogP contribution is 2.31. The maximum Gasteiger partial charge on any atom is 0.139 e. The fourth-order valence-electron chi connectivity index (χ4n) is 1.76. The van der Waals surface area contributed by atoms with E-state index in [2.05, 4.69) is 15.9 Å². The summed E-state index contributed by atoms with van der Waals surface area (Å²) in [6.45, 7) is 2.35. The first-order valence-electron chi connectivity index (χ1n) is 5.88. The second-order valence-electron chi connectivity index (χ2n) is 4.23. The predicted molar refractivity (Wildman–Crippen MR) is 78.8 cm³/mol. The third-order valence-electron chi connectivity index (χ3n) is 2.80. The average molecular weight is 344 g/mol. The zero-order valence-electron chi connectivity index (χ0n) is 10.4. The molecule has 0 radical (unpaired) electrons. The van der Waals surface area contributed by atoms with Crippen LogP contribution in [0.5, 0.6) is 0 Å². The zero-order chi connectivity index (χ0) is 13.8. The standard InChI is InChI=1S/C15H13BrClFO/c1-10(19-9-11-5-3-2-4-6-11)13-7-12(17)8-14(18)15(13)16/h2-8,10H,9H2,1H3. The SMILES string of the molecule is CC(OCc1ccccc1)c1cc(Cl)cc(F)c1Br. The molecule has 0 aromatic heterocycles. The molecule has 0 aliphatic heterocycles. The van der Waals surface area contributed by atoms with E-state index in [1.807, 2.05) is 37.3 Å². The largest absolute Gasteiger partial charge is 0.369 e. The van der Waals surface area contributed by atoms with E-state index in [-0.39, 0.29) is 11.9 Å². The van der Waals surface area contributed by atoms with Crippen LogP contribution in [0.15, 0.2) is 46.9 Å². The third kappa shape index (κ3) is 3.78.